The molecule has 1 heterocycles. The fourth-order valence-electron chi connectivity index (χ4n) is 4.07. The standard InChI is InChI=1S/C15H3F30O4P/c16-4(17,18)1(5(19,20)21)46-50(47-2(6(22,23)24)7(25,26)27,48-3(8(28,29)30)9(31,32)33)11(14(40,41)42,15(43,44)45)10(49-50,12(34,35)36)13(37,38)39/h1-3H. The van der Waals surface area contributed by atoms with E-state index in [0.29, 0.717) is 0 Å². The summed E-state index contributed by atoms with van der Waals surface area (Å²) in [6, 6.07) is 0. The second-order valence-electron chi connectivity index (χ2n) is 8.99. The van der Waals surface area contributed by atoms with Crippen LogP contribution >= 0.6 is 7.51 Å². The zero-order valence-electron chi connectivity index (χ0n) is 21.2. The molecule has 0 spiro atoms. The third-order valence-corrected chi connectivity index (χ3v) is 9.85. The van der Waals surface area contributed by atoms with Gasteiger partial charge >= 0.3 is 248 Å². The Kier molecular flexibility index (Phi) is 10.7. The summed E-state index contributed by atoms with van der Waals surface area (Å²) in [5.74, 6) is 0. The summed E-state index contributed by atoms with van der Waals surface area (Å²) in [4.78, 5) is 0. The van der Waals surface area contributed by atoms with Crippen molar-refractivity contribution in [3.05, 3.63) is 0 Å². The van der Waals surface area contributed by atoms with Gasteiger partial charge in [-0.15, -0.1) is 0 Å². The summed E-state index contributed by atoms with van der Waals surface area (Å²) in [5, 5.41) is -10.0. The van der Waals surface area contributed by atoms with Gasteiger partial charge in [-0.2, -0.15) is 0 Å². The van der Waals surface area contributed by atoms with Gasteiger partial charge in [-0.25, -0.2) is 0 Å². The molecule has 4 nitrogen and oxygen atoms in total. The molecule has 0 aromatic rings. The molecule has 1 rings (SSSR count). The monoisotopic (exact) mass is 848 g/mol. The van der Waals surface area contributed by atoms with E-state index in [2.05, 4.69) is 0 Å². The summed E-state index contributed by atoms with van der Waals surface area (Å²) in [5.41, 5.74) is -9.19. The van der Waals surface area contributed by atoms with Crippen molar-refractivity contribution in [3.63, 3.8) is 0 Å². The summed E-state index contributed by atoms with van der Waals surface area (Å²) < 4.78 is 416. The van der Waals surface area contributed by atoms with Crippen LogP contribution in [-0.4, -0.2) is 90.8 Å². The third kappa shape index (κ3) is 6.98. The van der Waals surface area contributed by atoms with E-state index in [-0.39, 0.29) is 0 Å². The molecule has 0 unspecified atom stereocenters. The first kappa shape index (κ1) is 46.2. The minimum atomic E-state index is -12.9. The first-order chi connectivity index (χ1) is 21.0. The third-order valence-electron chi connectivity index (χ3n) is 5.62. The Balaban J connectivity index is 5.32. The Labute approximate surface area is 249 Å². The van der Waals surface area contributed by atoms with E-state index in [0.717, 1.165) is 0 Å². The van der Waals surface area contributed by atoms with Gasteiger partial charge in [0, 0.05) is 0 Å². The van der Waals surface area contributed by atoms with Gasteiger partial charge in [0.2, 0.25) is 0 Å². The average Bonchev–Trinajstić information content (AvgIpc) is 2.68. The fourth-order valence-corrected chi connectivity index (χ4v) is 9.10. The van der Waals surface area contributed by atoms with E-state index in [1.165, 1.54) is 0 Å². The second-order valence-corrected chi connectivity index (χ2v) is 12.1. The number of halogens is 30. The minimum absolute atomic E-state index is 1.72. The van der Waals surface area contributed by atoms with E-state index in [4.69, 9.17) is 0 Å². The molecule has 0 atom stereocenters. The first-order valence-electron chi connectivity index (χ1n) is 10.5. The predicted octanol–water partition coefficient (Wildman–Crippen LogP) is 10.5. The van der Waals surface area contributed by atoms with Crippen LogP contribution in [0.1, 0.15) is 0 Å². The van der Waals surface area contributed by atoms with Gasteiger partial charge in [-0.3, -0.25) is 0 Å². The molecule has 0 aromatic carbocycles. The summed E-state index contributed by atoms with van der Waals surface area (Å²) in [6.07, 6.45) is -110. The van der Waals surface area contributed by atoms with E-state index >= 15 is 0 Å². The maximum absolute atomic E-state index is 14.4. The van der Waals surface area contributed by atoms with Crippen LogP contribution in [0.2, 0.25) is 0 Å². The molecule has 0 aliphatic carbocycles. The molecule has 0 aromatic heterocycles. The van der Waals surface area contributed by atoms with Crippen LogP contribution in [0, 0.1) is 0 Å². The molecule has 1 aliphatic rings. The van der Waals surface area contributed by atoms with Crippen molar-refractivity contribution in [1.82, 2.24) is 0 Å². The molecule has 1 saturated heterocycles. The van der Waals surface area contributed by atoms with Crippen LogP contribution in [0.15, 0.2) is 0 Å². The van der Waals surface area contributed by atoms with Gasteiger partial charge in [0.05, 0.1) is 0 Å². The average molecular weight is 848 g/mol. The summed E-state index contributed by atoms with van der Waals surface area (Å²) in [7, 11) is -12.9. The number of alkyl halides is 30. The normalized spacial score (nSPS) is 22.1. The first-order valence-corrected chi connectivity index (χ1v) is 12.4. The van der Waals surface area contributed by atoms with Crippen LogP contribution in [0.4, 0.5) is 132 Å². The molecule has 35 heteroatoms. The molecule has 0 amide bonds. The van der Waals surface area contributed by atoms with E-state index < -0.39 is 98.3 Å². The SMILES string of the molecule is FC(F)(F)C(OP1(OC(C(F)(F)F)C(F)(F)F)(OC(C(F)(F)F)C(F)(F)F)OC(C(F)(F)F)(C(F)(F)F)C1(C(F)(F)F)C(F)(F)F)C(F)(F)F. The van der Waals surface area contributed by atoms with Crippen molar-refractivity contribution in [1.29, 1.82) is 0 Å². The Bertz CT molecular complexity index is 1050. The van der Waals surface area contributed by atoms with Gasteiger partial charge in [-0.05, 0) is 0 Å². The fraction of sp³-hybridized carbons (Fsp3) is 1.00. The molecular weight excluding hydrogens is 845 g/mol. The molecular formula is C15H3F30O4P. The van der Waals surface area contributed by atoms with Crippen molar-refractivity contribution in [3.8, 4) is 0 Å². The molecule has 1 aliphatic heterocycles. The van der Waals surface area contributed by atoms with Gasteiger partial charge in [0.1, 0.15) is 0 Å². The summed E-state index contributed by atoms with van der Waals surface area (Å²) in [6.45, 7) is 0. The molecule has 302 valence electrons. The van der Waals surface area contributed by atoms with Crippen molar-refractivity contribution in [2.24, 2.45) is 0 Å². The molecule has 1 fully saturated rings. The van der Waals surface area contributed by atoms with Crippen LogP contribution in [0.3, 0.4) is 0 Å². The van der Waals surface area contributed by atoms with Gasteiger partial charge in [0.15, 0.2) is 0 Å². The number of rotatable bonds is 6. The van der Waals surface area contributed by atoms with Crippen LogP contribution < -0.4 is 0 Å². The second kappa shape index (κ2) is 11.6. The Morgan fingerprint density at radius 1 is 0.320 bits per heavy atom. The van der Waals surface area contributed by atoms with E-state index in [1.54, 1.807) is 18.1 Å². The Hall–Kier alpha value is -1.83. The molecule has 0 N–H and O–H groups in total. The van der Waals surface area contributed by atoms with Crippen molar-refractivity contribution < 1.29 is 150 Å². The zero-order chi connectivity index (χ0) is 41.0. The topological polar surface area (TPSA) is 36.9 Å². The molecule has 50 heavy (non-hydrogen) atoms. The van der Waals surface area contributed by atoms with Crippen molar-refractivity contribution >= 4 is 7.51 Å². The quantitative estimate of drug-likeness (QED) is 0.197. The van der Waals surface area contributed by atoms with Crippen molar-refractivity contribution in [2.75, 3.05) is 0 Å². The van der Waals surface area contributed by atoms with E-state index in [9.17, 15) is 132 Å². The van der Waals surface area contributed by atoms with Crippen LogP contribution in [0.5, 0.6) is 0 Å². The van der Waals surface area contributed by atoms with Crippen LogP contribution in [-0.2, 0) is 18.1 Å². The Morgan fingerprint density at radius 3 is 0.620 bits per heavy atom. The maximum atomic E-state index is 14.4. The van der Waals surface area contributed by atoms with Crippen LogP contribution in [0.25, 0.3) is 0 Å². The van der Waals surface area contributed by atoms with Crippen molar-refractivity contribution in [2.45, 2.75) is 90.8 Å². The summed E-state index contributed by atoms with van der Waals surface area (Å²) >= 11 is 0. The van der Waals surface area contributed by atoms with Gasteiger partial charge < -0.3 is 0 Å². The number of hydrogen-bond donors (Lipinski definition) is 0. The molecule has 0 radical (unpaired) electrons. The molecule has 0 saturated carbocycles. The Morgan fingerprint density at radius 2 is 0.500 bits per heavy atom. The number of hydrogen-bond acceptors (Lipinski definition) is 4. The predicted molar refractivity (Wildman–Crippen MR) is 88.6 cm³/mol. The molecule has 0 bridgehead atoms. The zero-order valence-corrected chi connectivity index (χ0v) is 22.0. The van der Waals surface area contributed by atoms with Gasteiger partial charge in [-0.1, -0.05) is 0 Å². The van der Waals surface area contributed by atoms with E-state index in [1.807, 2.05) is 0 Å². The van der Waals surface area contributed by atoms with Gasteiger partial charge in [0.25, 0.3) is 0 Å².